The van der Waals surface area contributed by atoms with E-state index in [1.807, 2.05) is 61.5 Å². The zero-order valence-electron chi connectivity index (χ0n) is 15.3. The zero-order chi connectivity index (χ0) is 18.6. The average molecular weight is 359 g/mol. The van der Waals surface area contributed by atoms with E-state index in [1.54, 1.807) is 13.3 Å². The van der Waals surface area contributed by atoms with E-state index in [-0.39, 0.29) is 6.17 Å². The Morgan fingerprint density at radius 3 is 2.70 bits per heavy atom. The Kier molecular flexibility index (Phi) is 4.80. The fourth-order valence-electron chi connectivity index (χ4n) is 3.06. The number of fused-ring (bicyclic) bond motifs is 1. The molecule has 0 radical (unpaired) electrons. The normalized spacial score (nSPS) is 15.5. The van der Waals surface area contributed by atoms with E-state index in [1.165, 1.54) is 0 Å². The molecule has 4 rings (SSSR count). The molecule has 0 spiro atoms. The molecule has 1 aliphatic rings. The van der Waals surface area contributed by atoms with Crippen molar-refractivity contribution in [1.82, 2.24) is 9.97 Å². The Balaban J connectivity index is 1.73. The van der Waals surface area contributed by atoms with E-state index in [0.29, 0.717) is 6.61 Å². The summed E-state index contributed by atoms with van der Waals surface area (Å²) < 4.78 is 5.29. The van der Waals surface area contributed by atoms with Crippen molar-refractivity contribution < 1.29 is 4.74 Å². The smallest absolute Gasteiger partial charge is 0.145 e. The lowest BCUT2D eigenvalue weighted by molar-refractivity contribution is 0.187. The number of nitrogens with one attached hydrogen (secondary N) is 2. The molecule has 1 atom stereocenters. The molecule has 0 aliphatic carbocycles. The van der Waals surface area contributed by atoms with Crippen molar-refractivity contribution in [3.05, 3.63) is 71.9 Å². The second-order valence-corrected chi connectivity index (χ2v) is 6.35. The number of benzene rings is 1. The fraction of sp³-hybridized carbons (Fsp3) is 0.190. The summed E-state index contributed by atoms with van der Waals surface area (Å²) in [5.74, 6) is 1.54. The van der Waals surface area contributed by atoms with Crippen LogP contribution in [0.5, 0.6) is 0 Å². The maximum Gasteiger partial charge on any atom is 0.145 e. The van der Waals surface area contributed by atoms with Gasteiger partial charge in [-0.3, -0.25) is 4.98 Å². The maximum absolute atomic E-state index is 5.29. The first-order chi connectivity index (χ1) is 13.2. The number of hydrogen-bond donors (Lipinski definition) is 2. The molecule has 3 heterocycles. The SMILES string of the molecule is COCC1N=C(Nc2ccccc2)c2ccc(-c3ncccc3C)nc2N1. The van der Waals surface area contributed by atoms with Crippen molar-refractivity contribution in [3.63, 3.8) is 0 Å². The predicted molar refractivity (Wildman–Crippen MR) is 108 cm³/mol. The van der Waals surface area contributed by atoms with Crippen molar-refractivity contribution in [1.29, 1.82) is 0 Å². The second-order valence-electron chi connectivity index (χ2n) is 6.35. The average Bonchev–Trinajstić information content (AvgIpc) is 2.69. The highest BCUT2D eigenvalue weighted by Gasteiger charge is 2.22. The molecule has 0 bridgehead atoms. The van der Waals surface area contributed by atoms with Crippen molar-refractivity contribution in [2.24, 2.45) is 4.99 Å². The first kappa shape index (κ1) is 17.2. The van der Waals surface area contributed by atoms with Crippen molar-refractivity contribution >= 4 is 17.3 Å². The summed E-state index contributed by atoms with van der Waals surface area (Å²) in [4.78, 5) is 14.0. The number of aryl methyl sites for hydroxylation is 1. The Bertz CT molecular complexity index is 971. The van der Waals surface area contributed by atoms with Gasteiger partial charge in [0.15, 0.2) is 0 Å². The van der Waals surface area contributed by atoms with Crippen LogP contribution in [0.2, 0.25) is 0 Å². The highest BCUT2D eigenvalue weighted by atomic mass is 16.5. The third kappa shape index (κ3) is 3.66. The van der Waals surface area contributed by atoms with Gasteiger partial charge in [0, 0.05) is 19.0 Å². The van der Waals surface area contributed by atoms with E-state index >= 15 is 0 Å². The van der Waals surface area contributed by atoms with Crippen molar-refractivity contribution in [2.45, 2.75) is 13.1 Å². The molecule has 6 heteroatoms. The molecule has 3 aromatic rings. The summed E-state index contributed by atoms with van der Waals surface area (Å²) in [6, 6.07) is 18.0. The van der Waals surface area contributed by atoms with Gasteiger partial charge in [0.25, 0.3) is 0 Å². The van der Waals surface area contributed by atoms with Crippen LogP contribution in [0.3, 0.4) is 0 Å². The minimum absolute atomic E-state index is 0.207. The number of aromatic nitrogens is 2. The number of amidine groups is 1. The molecular formula is C21H21N5O. The van der Waals surface area contributed by atoms with Crippen LogP contribution in [0.15, 0.2) is 65.8 Å². The molecule has 2 aromatic heterocycles. The minimum Gasteiger partial charge on any atom is -0.381 e. The summed E-state index contributed by atoms with van der Waals surface area (Å²) in [6.07, 6.45) is 1.58. The molecule has 1 aromatic carbocycles. The summed E-state index contributed by atoms with van der Waals surface area (Å²) in [7, 11) is 1.66. The summed E-state index contributed by atoms with van der Waals surface area (Å²) >= 11 is 0. The number of para-hydroxylation sites is 1. The van der Waals surface area contributed by atoms with Gasteiger partial charge in [0.1, 0.15) is 17.8 Å². The lowest BCUT2D eigenvalue weighted by Crippen LogP contribution is -2.33. The number of aliphatic imine (C=N–C) groups is 1. The van der Waals surface area contributed by atoms with Crippen molar-refractivity contribution in [2.75, 3.05) is 24.4 Å². The third-order valence-electron chi connectivity index (χ3n) is 4.35. The van der Waals surface area contributed by atoms with Crippen LogP contribution in [0, 0.1) is 6.92 Å². The first-order valence-electron chi connectivity index (χ1n) is 8.83. The van der Waals surface area contributed by atoms with Crippen molar-refractivity contribution in [3.8, 4) is 11.4 Å². The summed E-state index contributed by atoms with van der Waals surface area (Å²) in [6.45, 7) is 2.49. The van der Waals surface area contributed by atoms with Crippen LogP contribution < -0.4 is 10.6 Å². The number of nitrogens with zero attached hydrogens (tertiary/aromatic N) is 3. The van der Waals surface area contributed by atoms with E-state index in [2.05, 4.69) is 15.6 Å². The monoisotopic (exact) mass is 359 g/mol. The second kappa shape index (κ2) is 7.55. The van der Waals surface area contributed by atoms with Gasteiger partial charge in [-0.25, -0.2) is 9.98 Å². The highest BCUT2D eigenvalue weighted by Crippen LogP contribution is 2.27. The number of pyridine rings is 2. The van der Waals surface area contributed by atoms with Crippen LogP contribution >= 0.6 is 0 Å². The Morgan fingerprint density at radius 1 is 1.07 bits per heavy atom. The standard InChI is InChI=1S/C21H21N5O/c1-14-7-6-12-22-19(14)17-11-10-16-20(23-15-8-4-3-5-9-15)25-18(13-27-2)26-21(16)24-17/h3-12,18H,13H2,1-2H3,(H,23,25)(H,24,26). The fourth-order valence-corrected chi connectivity index (χ4v) is 3.06. The van der Waals surface area contributed by atoms with Crippen LogP contribution in [0.4, 0.5) is 11.5 Å². The third-order valence-corrected chi connectivity index (χ3v) is 4.35. The molecule has 1 aliphatic heterocycles. The quantitative estimate of drug-likeness (QED) is 0.743. The number of hydrogen-bond acceptors (Lipinski definition) is 6. The zero-order valence-corrected chi connectivity index (χ0v) is 15.3. The Morgan fingerprint density at radius 2 is 1.93 bits per heavy atom. The van der Waals surface area contributed by atoms with Gasteiger partial charge in [0.05, 0.1) is 23.6 Å². The predicted octanol–water partition coefficient (Wildman–Crippen LogP) is 3.71. The molecule has 1 unspecified atom stereocenters. The van der Waals surface area contributed by atoms with Gasteiger partial charge in [-0.2, -0.15) is 0 Å². The van der Waals surface area contributed by atoms with E-state index in [4.69, 9.17) is 14.7 Å². The molecule has 0 amide bonds. The number of ether oxygens (including phenoxy) is 1. The van der Waals surface area contributed by atoms with E-state index in [9.17, 15) is 0 Å². The van der Waals surface area contributed by atoms with Gasteiger partial charge in [0.2, 0.25) is 0 Å². The Labute approximate surface area is 158 Å². The van der Waals surface area contributed by atoms with Crippen LogP contribution in [0.25, 0.3) is 11.4 Å². The lowest BCUT2D eigenvalue weighted by atomic mass is 10.1. The molecule has 0 saturated heterocycles. The molecule has 136 valence electrons. The van der Waals surface area contributed by atoms with Crippen LogP contribution in [-0.4, -0.2) is 35.7 Å². The summed E-state index contributed by atoms with van der Waals surface area (Å²) in [5, 5.41) is 6.75. The molecular weight excluding hydrogens is 338 g/mol. The van der Waals surface area contributed by atoms with Crippen LogP contribution in [0.1, 0.15) is 11.1 Å². The van der Waals surface area contributed by atoms with Gasteiger partial charge in [-0.15, -0.1) is 0 Å². The summed E-state index contributed by atoms with van der Waals surface area (Å²) in [5.41, 5.74) is 4.70. The first-order valence-corrected chi connectivity index (χ1v) is 8.83. The number of anilines is 2. The Hall–Kier alpha value is -3.25. The number of rotatable bonds is 4. The molecule has 2 N–H and O–H groups in total. The molecule has 0 saturated carbocycles. The van der Waals surface area contributed by atoms with E-state index in [0.717, 1.165) is 39.9 Å². The molecule has 6 nitrogen and oxygen atoms in total. The van der Waals surface area contributed by atoms with Crippen LogP contribution in [-0.2, 0) is 4.74 Å². The highest BCUT2D eigenvalue weighted by molar-refractivity contribution is 6.12. The van der Waals surface area contributed by atoms with Gasteiger partial charge < -0.3 is 15.4 Å². The topological polar surface area (TPSA) is 71.4 Å². The lowest BCUT2D eigenvalue weighted by Gasteiger charge is -2.25. The largest absolute Gasteiger partial charge is 0.381 e. The number of methoxy groups -OCH3 is 1. The van der Waals surface area contributed by atoms with Gasteiger partial charge >= 0.3 is 0 Å². The molecule has 27 heavy (non-hydrogen) atoms. The van der Waals surface area contributed by atoms with Gasteiger partial charge in [-0.1, -0.05) is 24.3 Å². The minimum atomic E-state index is -0.207. The van der Waals surface area contributed by atoms with E-state index < -0.39 is 0 Å². The van der Waals surface area contributed by atoms with Gasteiger partial charge in [-0.05, 0) is 42.8 Å². The maximum atomic E-state index is 5.29. The molecule has 0 fully saturated rings.